The first-order valence-corrected chi connectivity index (χ1v) is 24.8. The van der Waals surface area contributed by atoms with Gasteiger partial charge in [-0.3, -0.25) is 14.4 Å². The Kier molecular flexibility index (Phi) is 22.9. The van der Waals surface area contributed by atoms with E-state index in [2.05, 4.69) is 5.32 Å². The molecular weight excluding hydrogens is 867 g/mol. The van der Waals surface area contributed by atoms with E-state index >= 15 is 0 Å². The Bertz CT molecular complexity index is 1690. The quantitative estimate of drug-likeness (QED) is 0.0686. The maximum absolute atomic E-state index is 14.5. The van der Waals surface area contributed by atoms with Crippen LogP contribution in [0.25, 0.3) is 0 Å². The van der Waals surface area contributed by atoms with Gasteiger partial charge in [0.2, 0.25) is 5.79 Å². The number of nitrogens with two attached hydrogens (primary N) is 1. The van der Waals surface area contributed by atoms with Crippen molar-refractivity contribution in [2.75, 3.05) is 47.6 Å². The molecule has 3 aliphatic heterocycles. The van der Waals surface area contributed by atoms with Gasteiger partial charge in [0.1, 0.15) is 24.0 Å². The minimum atomic E-state index is -2.55. The number of methoxy groups -OCH3 is 3. The first-order valence-electron chi connectivity index (χ1n) is 24.8. The molecule has 382 valence electrons. The number of amides is 2. The SMILES string of the molecule is COC1CC(/C=C(\C)C2OC(=O)C3CCCCN3C(=O)C(=O)C3(O)OC(C(OC)CC(C)C/C(C)=C/C(CCOC(=O)NCCCCCCN)C(=O)CC(O)C2C)C(OC)CC3C)CCC1O. The molecule has 0 aromatic heterocycles. The third kappa shape index (κ3) is 15.6. The van der Waals surface area contributed by atoms with Gasteiger partial charge >= 0.3 is 12.1 Å². The van der Waals surface area contributed by atoms with E-state index in [0.717, 1.165) is 36.2 Å². The highest BCUT2D eigenvalue weighted by Crippen LogP contribution is 2.39. The molecule has 4 aliphatic rings. The van der Waals surface area contributed by atoms with Crippen molar-refractivity contribution in [2.45, 2.75) is 185 Å². The lowest BCUT2D eigenvalue weighted by Crippen LogP contribution is -2.64. The summed E-state index contributed by atoms with van der Waals surface area (Å²) in [7, 11) is 4.56. The predicted octanol–water partition coefficient (Wildman–Crippen LogP) is 4.70. The second-order valence-corrected chi connectivity index (χ2v) is 19.8. The highest BCUT2D eigenvalue weighted by molar-refractivity contribution is 6.39. The fourth-order valence-electron chi connectivity index (χ4n) is 10.4. The Labute approximate surface area is 398 Å². The fraction of sp³-hybridized carbons (Fsp3) is 0.820. The van der Waals surface area contributed by atoms with Crippen molar-refractivity contribution in [3.8, 4) is 0 Å². The number of hydrogen-bond acceptors (Lipinski definition) is 15. The van der Waals surface area contributed by atoms with E-state index in [4.69, 9.17) is 34.2 Å². The number of piperidine rings is 1. The standard InChI is InChI=1S/C50H83N3O14/c1-30-23-31(2)25-42(63-7)45-43(64-8)27-33(4)50(61,67-45)46(57)47(58)53-21-14-11-15-37(53)48(59)66-44(32(3)26-35-16-17-38(54)41(28-35)62-6)34(5)39(55)29-40(56)36(24-30)18-22-65-49(60)52-20-13-10-9-12-19-51/h24,26,31,33-39,41-45,54-55,61H,9-23,25,27-29,51H2,1-8H3,(H,52,60)/b30-24+,32-26+. The van der Waals surface area contributed by atoms with Crippen molar-refractivity contribution in [1.82, 2.24) is 10.2 Å². The van der Waals surface area contributed by atoms with Crippen molar-refractivity contribution >= 4 is 29.5 Å². The number of nitrogens with zero attached hydrogens (tertiary/aromatic N) is 1. The molecule has 6 N–H and O–H groups in total. The lowest BCUT2D eigenvalue weighted by atomic mass is 9.81. The van der Waals surface area contributed by atoms with Gasteiger partial charge in [0.15, 0.2) is 0 Å². The molecule has 2 amide bonds. The molecule has 67 heavy (non-hydrogen) atoms. The molecule has 2 saturated heterocycles. The van der Waals surface area contributed by atoms with Gasteiger partial charge in [-0.25, -0.2) is 9.59 Å². The van der Waals surface area contributed by atoms with Gasteiger partial charge in [-0.1, -0.05) is 51.3 Å². The van der Waals surface area contributed by atoms with E-state index in [0.29, 0.717) is 63.6 Å². The number of Topliss-reactive ketones (excluding diaryl/α,β-unsaturated/α-hetero) is 2. The molecule has 17 heteroatoms. The van der Waals surface area contributed by atoms with Crippen LogP contribution in [-0.4, -0.2) is 152 Å². The van der Waals surface area contributed by atoms with Crippen molar-refractivity contribution in [1.29, 1.82) is 0 Å². The van der Waals surface area contributed by atoms with Gasteiger partial charge in [-0.2, -0.15) is 0 Å². The molecule has 0 spiro atoms. The second-order valence-electron chi connectivity index (χ2n) is 19.8. The topological polar surface area (TPSA) is 243 Å². The molecule has 0 aromatic carbocycles. The minimum Gasteiger partial charge on any atom is -0.456 e. The third-order valence-corrected chi connectivity index (χ3v) is 14.5. The highest BCUT2D eigenvalue weighted by Gasteiger charge is 2.56. The number of rotatable bonds is 14. The molecular formula is C50H83N3O14. The summed E-state index contributed by atoms with van der Waals surface area (Å²) in [5.74, 6) is -8.47. The van der Waals surface area contributed by atoms with Crippen molar-refractivity contribution in [3.63, 3.8) is 0 Å². The lowest BCUT2D eigenvalue weighted by Gasteiger charge is -2.47. The number of aliphatic hydroxyl groups excluding tert-OH is 2. The minimum absolute atomic E-state index is 0.0547. The average Bonchev–Trinajstić information content (AvgIpc) is 3.30. The van der Waals surface area contributed by atoms with Gasteiger partial charge < -0.3 is 59.7 Å². The first kappa shape index (κ1) is 56.3. The number of ether oxygens (including phenoxy) is 6. The van der Waals surface area contributed by atoms with Crippen molar-refractivity contribution in [2.24, 2.45) is 35.3 Å². The summed E-state index contributed by atoms with van der Waals surface area (Å²) in [5.41, 5.74) is 7.06. The zero-order chi connectivity index (χ0) is 49.4. The number of fused-ring (bicyclic) bond motifs is 3. The largest absolute Gasteiger partial charge is 0.456 e. The number of alkyl carbamates (subject to hydrolysis) is 1. The summed E-state index contributed by atoms with van der Waals surface area (Å²) in [5, 5.41) is 37.3. The van der Waals surface area contributed by atoms with Crippen LogP contribution in [0.4, 0.5) is 4.79 Å². The highest BCUT2D eigenvalue weighted by atomic mass is 16.7. The molecule has 0 aromatic rings. The number of hydrogen-bond donors (Lipinski definition) is 5. The molecule has 2 bridgehead atoms. The number of ketones is 2. The Morgan fingerprint density at radius 1 is 0.910 bits per heavy atom. The first-order chi connectivity index (χ1) is 31.9. The summed E-state index contributed by atoms with van der Waals surface area (Å²) in [4.78, 5) is 71.3. The maximum atomic E-state index is 14.5. The Hall–Kier alpha value is -3.29. The van der Waals surface area contributed by atoms with Crippen LogP contribution < -0.4 is 11.1 Å². The number of allylic oxidation sites excluding steroid dienone is 3. The smallest absolute Gasteiger partial charge is 0.407 e. The number of carbonyl (C=O) groups excluding carboxylic acids is 5. The Morgan fingerprint density at radius 3 is 2.28 bits per heavy atom. The molecule has 4 rings (SSSR count). The number of cyclic esters (lactones) is 1. The maximum Gasteiger partial charge on any atom is 0.407 e. The van der Waals surface area contributed by atoms with Crippen LogP contribution >= 0.6 is 0 Å². The van der Waals surface area contributed by atoms with Crippen LogP contribution in [0.15, 0.2) is 23.3 Å². The van der Waals surface area contributed by atoms with Crippen LogP contribution in [0.1, 0.15) is 131 Å². The number of aliphatic hydroxyl groups is 3. The molecule has 0 radical (unpaired) electrons. The molecule has 17 nitrogen and oxygen atoms in total. The van der Waals surface area contributed by atoms with Gasteiger partial charge in [0.25, 0.3) is 11.7 Å². The molecule has 3 fully saturated rings. The fourth-order valence-corrected chi connectivity index (χ4v) is 10.4. The van der Waals surface area contributed by atoms with Crippen LogP contribution in [0.5, 0.6) is 0 Å². The van der Waals surface area contributed by atoms with Crippen LogP contribution in [-0.2, 0) is 47.6 Å². The van der Waals surface area contributed by atoms with Crippen LogP contribution in [0.3, 0.4) is 0 Å². The number of esters is 1. The van der Waals surface area contributed by atoms with E-state index < -0.39 is 96.1 Å². The molecule has 3 heterocycles. The second kappa shape index (κ2) is 27.2. The van der Waals surface area contributed by atoms with Gasteiger partial charge in [-0.05, 0) is 115 Å². The van der Waals surface area contributed by atoms with E-state index in [1.54, 1.807) is 27.9 Å². The van der Waals surface area contributed by atoms with Crippen LogP contribution in [0.2, 0.25) is 0 Å². The lowest BCUT2D eigenvalue weighted by molar-refractivity contribution is -0.302. The third-order valence-electron chi connectivity index (χ3n) is 14.5. The Morgan fingerprint density at radius 2 is 1.60 bits per heavy atom. The van der Waals surface area contributed by atoms with Gasteiger partial charge in [0, 0.05) is 58.6 Å². The summed E-state index contributed by atoms with van der Waals surface area (Å²) in [6, 6.07) is -1.19. The van der Waals surface area contributed by atoms with Gasteiger partial charge in [-0.15, -0.1) is 0 Å². The Balaban J connectivity index is 1.72. The summed E-state index contributed by atoms with van der Waals surface area (Å²) >= 11 is 0. The molecule has 14 atom stereocenters. The molecule has 1 saturated carbocycles. The number of unbranched alkanes of at least 4 members (excludes halogenated alkanes) is 3. The summed E-state index contributed by atoms with van der Waals surface area (Å²) in [6.07, 6.45) is 5.07. The average molecular weight is 950 g/mol. The van der Waals surface area contributed by atoms with Crippen molar-refractivity contribution in [3.05, 3.63) is 23.3 Å². The van der Waals surface area contributed by atoms with E-state index in [1.165, 1.54) is 14.2 Å². The van der Waals surface area contributed by atoms with Gasteiger partial charge in [0.05, 0.1) is 37.1 Å². The van der Waals surface area contributed by atoms with E-state index in [-0.39, 0.29) is 56.5 Å². The summed E-state index contributed by atoms with van der Waals surface area (Å²) in [6.45, 7) is 10.1. The van der Waals surface area contributed by atoms with Crippen LogP contribution in [0, 0.1) is 29.6 Å². The van der Waals surface area contributed by atoms with Crippen molar-refractivity contribution < 1.29 is 67.7 Å². The van der Waals surface area contributed by atoms with E-state index in [1.807, 2.05) is 26.0 Å². The molecule has 14 unspecified atom stereocenters. The zero-order valence-electron chi connectivity index (χ0n) is 41.5. The molecule has 1 aliphatic carbocycles. The zero-order valence-corrected chi connectivity index (χ0v) is 41.5. The van der Waals surface area contributed by atoms with E-state index in [9.17, 15) is 39.3 Å². The summed E-state index contributed by atoms with van der Waals surface area (Å²) < 4.78 is 35.5. The predicted molar refractivity (Wildman–Crippen MR) is 249 cm³/mol. The number of nitrogens with one attached hydrogen (secondary N) is 1. The number of carbonyl (C=O) groups is 5. The normalized spacial score (nSPS) is 36.5. The monoisotopic (exact) mass is 950 g/mol.